The third-order valence-electron chi connectivity index (χ3n) is 5.60. The van der Waals surface area contributed by atoms with E-state index in [2.05, 4.69) is 39.5 Å². The second-order valence-corrected chi connectivity index (χ2v) is 7.75. The topological polar surface area (TPSA) is 51.4 Å². The van der Waals surface area contributed by atoms with Crippen molar-refractivity contribution in [2.45, 2.75) is 51.1 Å². The number of amides is 2. The molecule has 5 nitrogen and oxygen atoms in total. The first-order valence-corrected chi connectivity index (χ1v) is 10.1. The van der Waals surface area contributed by atoms with Crippen molar-refractivity contribution in [1.82, 2.24) is 20.1 Å². The summed E-state index contributed by atoms with van der Waals surface area (Å²) in [5.41, 5.74) is 2.35. The number of nitrogens with zero attached hydrogens (tertiary/aromatic N) is 2. The van der Waals surface area contributed by atoms with Crippen LogP contribution in [0.3, 0.4) is 0 Å². The fourth-order valence-electron chi connectivity index (χ4n) is 3.93. The quantitative estimate of drug-likeness (QED) is 0.745. The summed E-state index contributed by atoms with van der Waals surface area (Å²) in [5, 5.41) is 4.36. The van der Waals surface area contributed by atoms with Gasteiger partial charge < -0.3 is 20.1 Å². The van der Waals surface area contributed by atoms with Crippen LogP contribution in [-0.2, 0) is 6.54 Å². The van der Waals surface area contributed by atoms with Crippen LogP contribution < -0.4 is 5.32 Å². The van der Waals surface area contributed by atoms with Crippen LogP contribution in [0.1, 0.15) is 44.1 Å². The van der Waals surface area contributed by atoms with Crippen molar-refractivity contribution in [3.63, 3.8) is 0 Å². The second-order valence-electron chi connectivity index (χ2n) is 7.75. The van der Waals surface area contributed by atoms with Crippen LogP contribution in [-0.4, -0.2) is 53.0 Å². The van der Waals surface area contributed by atoms with E-state index < -0.39 is 0 Å². The van der Waals surface area contributed by atoms with Crippen LogP contribution >= 0.6 is 0 Å². The maximum atomic E-state index is 12.7. The van der Waals surface area contributed by atoms with Crippen LogP contribution in [0.15, 0.2) is 30.5 Å². The summed E-state index contributed by atoms with van der Waals surface area (Å²) in [6.07, 6.45) is 9.29. The molecule has 0 bridgehead atoms. The summed E-state index contributed by atoms with van der Waals surface area (Å²) in [6.45, 7) is 5.03. The van der Waals surface area contributed by atoms with E-state index in [4.69, 9.17) is 0 Å². The van der Waals surface area contributed by atoms with E-state index in [9.17, 15) is 4.79 Å². The van der Waals surface area contributed by atoms with Crippen molar-refractivity contribution in [2.24, 2.45) is 0 Å². The molecule has 5 heteroatoms. The van der Waals surface area contributed by atoms with Gasteiger partial charge in [0.05, 0.1) is 0 Å². The molecule has 1 aromatic carbocycles. The number of carbonyl (C=O) groups excluding carboxylic acids is 1. The van der Waals surface area contributed by atoms with E-state index in [0.29, 0.717) is 12.6 Å². The lowest BCUT2D eigenvalue weighted by atomic mass is 10.1. The average molecular weight is 354 g/mol. The highest BCUT2D eigenvalue weighted by atomic mass is 16.2. The second kappa shape index (κ2) is 8.12. The Morgan fingerprint density at radius 3 is 2.85 bits per heavy atom. The molecule has 1 saturated heterocycles. The molecule has 4 rings (SSSR count). The van der Waals surface area contributed by atoms with Gasteiger partial charge in [-0.25, -0.2) is 4.79 Å². The van der Waals surface area contributed by atoms with Crippen LogP contribution in [0.25, 0.3) is 10.9 Å². The Labute approximate surface area is 155 Å². The predicted octanol–water partition coefficient (Wildman–Crippen LogP) is 3.72. The van der Waals surface area contributed by atoms with Gasteiger partial charge in [-0.15, -0.1) is 0 Å². The molecule has 2 fully saturated rings. The lowest BCUT2D eigenvalue weighted by Crippen LogP contribution is -2.42. The zero-order valence-corrected chi connectivity index (χ0v) is 15.5. The molecule has 1 aliphatic carbocycles. The van der Waals surface area contributed by atoms with Gasteiger partial charge in [0, 0.05) is 30.8 Å². The summed E-state index contributed by atoms with van der Waals surface area (Å²) in [7, 11) is 0. The van der Waals surface area contributed by atoms with E-state index in [1.807, 2.05) is 11.1 Å². The van der Waals surface area contributed by atoms with Crippen LogP contribution in [0.5, 0.6) is 0 Å². The summed E-state index contributed by atoms with van der Waals surface area (Å²) < 4.78 is 0. The Morgan fingerprint density at radius 2 is 2.04 bits per heavy atom. The minimum absolute atomic E-state index is 0.0975. The standard InChI is InChI=1S/C21H30N4O/c26-21(23-10-4-14-24-12-2-1-3-13-24)25(19-6-7-19)16-17-5-8-20-18(15-17)9-11-22-20/h5,8-9,11,15,19,22H,1-4,6-7,10,12-14,16H2,(H,23,26). The molecular weight excluding hydrogens is 324 g/mol. The number of urea groups is 1. The number of piperidine rings is 1. The smallest absolute Gasteiger partial charge is 0.317 e. The third kappa shape index (κ3) is 4.39. The molecule has 1 saturated carbocycles. The highest BCUT2D eigenvalue weighted by Crippen LogP contribution is 2.29. The summed E-state index contributed by atoms with van der Waals surface area (Å²) in [5.74, 6) is 0. The van der Waals surface area contributed by atoms with Gasteiger partial charge in [0.1, 0.15) is 0 Å². The maximum Gasteiger partial charge on any atom is 0.317 e. The van der Waals surface area contributed by atoms with Crippen molar-refractivity contribution in [2.75, 3.05) is 26.2 Å². The van der Waals surface area contributed by atoms with E-state index in [1.54, 1.807) is 0 Å². The van der Waals surface area contributed by atoms with Crippen LogP contribution in [0.4, 0.5) is 4.79 Å². The molecule has 2 aliphatic rings. The van der Waals surface area contributed by atoms with E-state index in [0.717, 1.165) is 37.9 Å². The molecule has 0 atom stereocenters. The highest BCUT2D eigenvalue weighted by molar-refractivity contribution is 5.80. The largest absolute Gasteiger partial charge is 0.361 e. The number of aromatic amines is 1. The molecule has 0 unspecified atom stereocenters. The molecule has 140 valence electrons. The number of carbonyl (C=O) groups is 1. The minimum Gasteiger partial charge on any atom is -0.361 e. The van der Waals surface area contributed by atoms with Gasteiger partial charge in [-0.3, -0.25) is 0 Å². The Morgan fingerprint density at radius 1 is 1.19 bits per heavy atom. The van der Waals surface area contributed by atoms with Gasteiger partial charge in [0.15, 0.2) is 0 Å². The fourth-order valence-corrected chi connectivity index (χ4v) is 3.93. The van der Waals surface area contributed by atoms with E-state index >= 15 is 0 Å². The zero-order valence-electron chi connectivity index (χ0n) is 15.5. The summed E-state index contributed by atoms with van der Waals surface area (Å²) in [4.78, 5) is 20.5. The lowest BCUT2D eigenvalue weighted by Gasteiger charge is -2.27. The molecule has 2 heterocycles. The molecule has 2 amide bonds. The number of likely N-dealkylation sites (tertiary alicyclic amines) is 1. The Hall–Kier alpha value is -2.01. The number of benzene rings is 1. The Balaban J connectivity index is 1.27. The van der Waals surface area contributed by atoms with Crippen molar-refractivity contribution in [3.8, 4) is 0 Å². The van der Waals surface area contributed by atoms with Gasteiger partial charge in [0.25, 0.3) is 0 Å². The number of hydrogen-bond acceptors (Lipinski definition) is 2. The molecule has 0 spiro atoms. The first-order chi connectivity index (χ1) is 12.8. The number of fused-ring (bicyclic) bond motifs is 1. The number of nitrogens with one attached hydrogen (secondary N) is 2. The van der Waals surface area contributed by atoms with E-state index in [-0.39, 0.29) is 6.03 Å². The highest BCUT2D eigenvalue weighted by Gasteiger charge is 2.32. The molecule has 2 aromatic rings. The van der Waals surface area contributed by atoms with Gasteiger partial charge >= 0.3 is 6.03 Å². The lowest BCUT2D eigenvalue weighted by molar-refractivity contribution is 0.189. The van der Waals surface area contributed by atoms with Crippen molar-refractivity contribution < 1.29 is 4.79 Å². The first kappa shape index (κ1) is 17.4. The van der Waals surface area contributed by atoms with Gasteiger partial charge in [0.2, 0.25) is 0 Å². The van der Waals surface area contributed by atoms with Gasteiger partial charge in [-0.2, -0.15) is 0 Å². The van der Waals surface area contributed by atoms with Gasteiger partial charge in [-0.1, -0.05) is 12.5 Å². The summed E-state index contributed by atoms with van der Waals surface area (Å²) >= 11 is 0. The first-order valence-electron chi connectivity index (χ1n) is 10.1. The maximum absolute atomic E-state index is 12.7. The molecule has 1 aromatic heterocycles. The number of H-pyrrole nitrogens is 1. The number of aromatic nitrogens is 1. The average Bonchev–Trinajstić information content (AvgIpc) is 3.40. The molecule has 26 heavy (non-hydrogen) atoms. The molecular formula is C21H30N4O. The van der Waals surface area contributed by atoms with Crippen LogP contribution in [0.2, 0.25) is 0 Å². The molecule has 0 radical (unpaired) electrons. The Kier molecular flexibility index (Phi) is 5.44. The Bertz CT molecular complexity index is 730. The van der Waals surface area contributed by atoms with E-state index in [1.165, 1.54) is 43.3 Å². The number of hydrogen-bond donors (Lipinski definition) is 2. The minimum atomic E-state index is 0.0975. The predicted molar refractivity (Wildman–Crippen MR) is 105 cm³/mol. The van der Waals surface area contributed by atoms with Crippen molar-refractivity contribution in [3.05, 3.63) is 36.0 Å². The molecule has 2 N–H and O–H groups in total. The fraction of sp³-hybridized carbons (Fsp3) is 0.571. The van der Waals surface area contributed by atoms with Crippen LogP contribution in [0, 0.1) is 0 Å². The third-order valence-corrected chi connectivity index (χ3v) is 5.60. The number of rotatable bonds is 7. The van der Waals surface area contributed by atoms with Gasteiger partial charge in [-0.05, 0) is 80.9 Å². The monoisotopic (exact) mass is 354 g/mol. The van der Waals surface area contributed by atoms with Crippen molar-refractivity contribution >= 4 is 16.9 Å². The normalized spacial score (nSPS) is 18.2. The van der Waals surface area contributed by atoms with Crippen molar-refractivity contribution in [1.29, 1.82) is 0 Å². The zero-order chi connectivity index (χ0) is 17.8. The SMILES string of the molecule is O=C(NCCCN1CCCCC1)N(Cc1ccc2[nH]ccc2c1)C1CC1. The summed E-state index contributed by atoms with van der Waals surface area (Å²) in [6, 6.07) is 9.01. The molecule has 1 aliphatic heterocycles.